The Morgan fingerprint density at radius 2 is 2.05 bits per heavy atom. The third-order valence-electron chi connectivity index (χ3n) is 2.85. The van der Waals surface area contributed by atoms with Gasteiger partial charge in [0.2, 0.25) is 0 Å². The lowest BCUT2D eigenvalue weighted by Crippen LogP contribution is -2.34. The van der Waals surface area contributed by atoms with Crippen molar-refractivity contribution in [2.24, 2.45) is 0 Å². The number of anilines is 1. The van der Waals surface area contributed by atoms with Crippen LogP contribution in [0.15, 0.2) is 12.1 Å². The minimum Gasteiger partial charge on any atom is -0.356 e. The van der Waals surface area contributed by atoms with Gasteiger partial charge in [-0.15, -0.1) is 0 Å². The van der Waals surface area contributed by atoms with Crippen LogP contribution in [0.2, 0.25) is 5.15 Å². The van der Waals surface area contributed by atoms with Crippen LogP contribution in [0.25, 0.3) is 0 Å². The standard InChI is InChI=1S/C12H16ClF3N2S/c1-4-9(7-19-3)18(2)11-6-8(12(14,15)16)5-10(13)17-11/h5-6,9H,4,7H2,1-3H3. The van der Waals surface area contributed by atoms with Crippen LogP contribution in [0.5, 0.6) is 0 Å². The van der Waals surface area contributed by atoms with Crippen LogP contribution in [0.4, 0.5) is 19.0 Å². The maximum atomic E-state index is 12.7. The summed E-state index contributed by atoms with van der Waals surface area (Å²) in [7, 11) is 1.74. The number of hydrogen-bond donors (Lipinski definition) is 0. The van der Waals surface area contributed by atoms with Gasteiger partial charge in [-0.25, -0.2) is 4.98 Å². The minimum atomic E-state index is -4.41. The van der Waals surface area contributed by atoms with Crippen molar-refractivity contribution in [3.63, 3.8) is 0 Å². The van der Waals surface area contributed by atoms with Gasteiger partial charge in [0, 0.05) is 18.8 Å². The Hall–Kier alpha value is -0.620. The normalized spacial score (nSPS) is 13.4. The molecule has 0 saturated heterocycles. The molecule has 1 rings (SSSR count). The molecule has 0 saturated carbocycles. The zero-order valence-corrected chi connectivity index (χ0v) is 12.5. The quantitative estimate of drug-likeness (QED) is 0.753. The molecule has 1 aromatic rings. The Labute approximate surface area is 120 Å². The lowest BCUT2D eigenvalue weighted by molar-refractivity contribution is -0.137. The van der Waals surface area contributed by atoms with Crippen molar-refractivity contribution in [3.8, 4) is 0 Å². The summed E-state index contributed by atoms with van der Waals surface area (Å²) in [6.07, 6.45) is -1.63. The molecule has 19 heavy (non-hydrogen) atoms. The zero-order valence-electron chi connectivity index (χ0n) is 11.0. The Kier molecular flexibility index (Phi) is 5.80. The van der Waals surface area contributed by atoms with Gasteiger partial charge in [-0.2, -0.15) is 24.9 Å². The highest BCUT2D eigenvalue weighted by Crippen LogP contribution is 2.33. The van der Waals surface area contributed by atoms with Crippen LogP contribution in [0, 0.1) is 0 Å². The molecule has 0 aliphatic carbocycles. The molecule has 0 aliphatic rings. The van der Waals surface area contributed by atoms with Crippen LogP contribution >= 0.6 is 23.4 Å². The van der Waals surface area contributed by atoms with Gasteiger partial charge in [0.05, 0.1) is 5.56 Å². The summed E-state index contributed by atoms with van der Waals surface area (Å²) in [5.41, 5.74) is -0.770. The van der Waals surface area contributed by atoms with Crippen molar-refractivity contribution in [1.29, 1.82) is 0 Å². The van der Waals surface area contributed by atoms with Crippen LogP contribution in [-0.4, -0.2) is 30.1 Å². The monoisotopic (exact) mass is 312 g/mol. The van der Waals surface area contributed by atoms with E-state index in [1.54, 1.807) is 23.7 Å². The van der Waals surface area contributed by atoms with Gasteiger partial charge in [-0.3, -0.25) is 0 Å². The third-order valence-corrected chi connectivity index (χ3v) is 3.76. The number of nitrogens with zero attached hydrogens (tertiary/aromatic N) is 2. The van der Waals surface area contributed by atoms with Crippen LogP contribution in [0.1, 0.15) is 18.9 Å². The van der Waals surface area contributed by atoms with Crippen LogP contribution < -0.4 is 4.90 Å². The van der Waals surface area contributed by atoms with Gasteiger partial charge >= 0.3 is 6.18 Å². The van der Waals surface area contributed by atoms with Crippen molar-refractivity contribution in [2.75, 3.05) is 24.0 Å². The Balaban J connectivity index is 3.09. The fraction of sp³-hybridized carbons (Fsp3) is 0.583. The lowest BCUT2D eigenvalue weighted by atomic mass is 10.2. The molecule has 1 atom stereocenters. The number of thioether (sulfide) groups is 1. The molecule has 0 spiro atoms. The average molecular weight is 313 g/mol. The molecular formula is C12H16ClF3N2S. The molecule has 1 unspecified atom stereocenters. The summed E-state index contributed by atoms with van der Waals surface area (Å²) < 4.78 is 38.2. The van der Waals surface area contributed by atoms with Gasteiger partial charge in [-0.1, -0.05) is 18.5 Å². The van der Waals surface area contributed by atoms with E-state index < -0.39 is 11.7 Å². The van der Waals surface area contributed by atoms with Gasteiger partial charge in [0.15, 0.2) is 0 Å². The van der Waals surface area contributed by atoms with Crippen molar-refractivity contribution in [2.45, 2.75) is 25.6 Å². The lowest BCUT2D eigenvalue weighted by Gasteiger charge is -2.28. The van der Waals surface area contributed by atoms with E-state index in [0.717, 1.165) is 24.3 Å². The highest BCUT2D eigenvalue weighted by atomic mass is 35.5. The number of aromatic nitrogens is 1. The van der Waals surface area contributed by atoms with Crippen molar-refractivity contribution >= 4 is 29.2 Å². The predicted molar refractivity (Wildman–Crippen MR) is 75.1 cm³/mol. The SMILES string of the molecule is CCC(CSC)N(C)c1cc(C(F)(F)F)cc(Cl)n1. The molecule has 7 heteroatoms. The van der Waals surface area contributed by atoms with E-state index >= 15 is 0 Å². The van der Waals surface area contributed by atoms with Crippen molar-refractivity contribution < 1.29 is 13.2 Å². The molecule has 0 aliphatic heterocycles. The average Bonchev–Trinajstić information content (AvgIpc) is 2.33. The number of hydrogen-bond acceptors (Lipinski definition) is 3. The zero-order chi connectivity index (χ0) is 14.6. The second-order valence-corrected chi connectivity index (χ2v) is 5.46. The molecule has 0 fully saturated rings. The van der Waals surface area contributed by atoms with Gasteiger partial charge in [0.1, 0.15) is 11.0 Å². The van der Waals surface area contributed by atoms with E-state index in [0.29, 0.717) is 0 Å². The topological polar surface area (TPSA) is 16.1 Å². The molecule has 1 aromatic heterocycles. The molecule has 108 valence electrons. The first-order valence-electron chi connectivity index (χ1n) is 5.76. The van der Waals surface area contributed by atoms with Gasteiger partial charge in [-0.05, 0) is 24.8 Å². The maximum absolute atomic E-state index is 12.7. The van der Waals surface area contributed by atoms with Gasteiger partial charge in [0.25, 0.3) is 0 Å². The van der Waals surface area contributed by atoms with E-state index in [9.17, 15) is 13.2 Å². The first-order chi connectivity index (χ1) is 8.79. The molecule has 0 amide bonds. The predicted octanol–water partition coefficient (Wildman–Crippen LogP) is 4.33. The largest absolute Gasteiger partial charge is 0.416 e. The van der Waals surface area contributed by atoms with E-state index in [4.69, 9.17) is 11.6 Å². The van der Waals surface area contributed by atoms with E-state index in [1.165, 1.54) is 0 Å². The first kappa shape index (κ1) is 16.4. The summed E-state index contributed by atoms with van der Waals surface area (Å²) in [6, 6.07) is 2.01. The highest BCUT2D eigenvalue weighted by molar-refractivity contribution is 7.98. The Bertz CT molecular complexity index is 426. The smallest absolute Gasteiger partial charge is 0.356 e. The minimum absolute atomic E-state index is 0.127. The van der Waals surface area contributed by atoms with Crippen molar-refractivity contribution in [3.05, 3.63) is 22.8 Å². The fourth-order valence-corrected chi connectivity index (χ4v) is 2.76. The summed E-state index contributed by atoms with van der Waals surface area (Å²) in [4.78, 5) is 5.73. The van der Waals surface area contributed by atoms with Crippen LogP contribution in [-0.2, 0) is 6.18 Å². The third kappa shape index (κ3) is 4.45. The Morgan fingerprint density at radius 1 is 1.42 bits per heavy atom. The number of pyridine rings is 1. The molecule has 0 aromatic carbocycles. The van der Waals surface area contributed by atoms with E-state index in [-0.39, 0.29) is 17.0 Å². The number of rotatable bonds is 5. The summed E-state index contributed by atoms with van der Waals surface area (Å²) in [5, 5.41) is -0.143. The molecule has 2 nitrogen and oxygen atoms in total. The summed E-state index contributed by atoms with van der Waals surface area (Å²) >= 11 is 7.33. The van der Waals surface area contributed by atoms with Gasteiger partial charge < -0.3 is 4.90 Å². The summed E-state index contributed by atoms with van der Waals surface area (Å²) in [5.74, 6) is 1.07. The molecular weight excluding hydrogens is 297 g/mol. The van der Waals surface area contributed by atoms with E-state index in [1.807, 2.05) is 13.2 Å². The highest BCUT2D eigenvalue weighted by Gasteiger charge is 2.32. The second kappa shape index (κ2) is 6.70. The second-order valence-electron chi connectivity index (χ2n) is 4.16. The molecule has 0 bridgehead atoms. The fourth-order valence-electron chi connectivity index (χ4n) is 1.71. The molecule has 1 heterocycles. The number of halogens is 4. The van der Waals surface area contributed by atoms with E-state index in [2.05, 4.69) is 4.98 Å². The molecule has 0 radical (unpaired) electrons. The number of alkyl halides is 3. The summed E-state index contributed by atoms with van der Waals surface area (Å²) in [6.45, 7) is 1.99. The van der Waals surface area contributed by atoms with Crippen molar-refractivity contribution in [1.82, 2.24) is 4.98 Å². The maximum Gasteiger partial charge on any atom is 0.416 e. The van der Waals surface area contributed by atoms with Crippen LogP contribution in [0.3, 0.4) is 0 Å². The first-order valence-corrected chi connectivity index (χ1v) is 7.53. The molecule has 0 N–H and O–H groups in total. The Morgan fingerprint density at radius 3 is 2.53 bits per heavy atom.